The summed E-state index contributed by atoms with van der Waals surface area (Å²) in [6, 6.07) is -0.174. The van der Waals surface area contributed by atoms with Gasteiger partial charge in [0.1, 0.15) is 0 Å². The van der Waals surface area contributed by atoms with Gasteiger partial charge in [0.2, 0.25) is 0 Å². The van der Waals surface area contributed by atoms with Crippen LogP contribution in [-0.2, 0) is 19.4 Å². The van der Waals surface area contributed by atoms with Crippen LogP contribution in [0.4, 0.5) is 0 Å². The molecule has 1 rings (SSSR count). The maximum atomic E-state index is 11.1. The molecule has 0 spiro atoms. The van der Waals surface area contributed by atoms with Crippen LogP contribution in [0.25, 0.3) is 0 Å². The van der Waals surface area contributed by atoms with E-state index in [9.17, 15) is 13.2 Å². The number of rotatable bonds is 4. The predicted octanol–water partition coefficient (Wildman–Crippen LogP) is 0.00600. The smallest absolute Gasteiger partial charge is 0.333 e. The van der Waals surface area contributed by atoms with Crippen LogP contribution in [0.5, 0.6) is 0 Å². The normalized spacial score (nSPS) is 23.4. The van der Waals surface area contributed by atoms with Crippen LogP contribution in [-0.4, -0.2) is 39.8 Å². The molecule has 0 aromatic carbocycles. The van der Waals surface area contributed by atoms with Crippen LogP contribution >= 0.6 is 0 Å². The first-order chi connectivity index (χ1) is 7.44. The molecule has 1 heterocycles. The van der Waals surface area contributed by atoms with Gasteiger partial charge in [-0.3, -0.25) is 0 Å². The zero-order valence-electron chi connectivity index (χ0n) is 9.26. The van der Waals surface area contributed by atoms with Gasteiger partial charge in [-0.05, 0) is 6.92 Å². The highest BCUT2D eigenvalue weighted by atomic mass is 32.2. The second kappa shape index (κ2) is 5.27. The van der Waals surface area contributed by atoms with Crippen LogP contribution in [0, 0.1) is 0 Å². The molecule has 0 aromatic rings. The lowest BCUT2D eigenvalue weighted by molar-refractivity contribution is -0.136. The van der Waals surface area contributed by atoms with Crippen LogP contribution in [0.3, 0.4) is 0 Å². The number of methoxy groups -OCH3 is 1. The summed E-state index contributed by atoms with van der Waals surface area (Å²) in [4.78, 5) is 11.0. The molecule has 90 valence electrons. The number of esters is 1. The van der Waals surface area contributed by atoms with Gasteiger partial charge >= 0.3 is 5.97 Å². The van der Waals surface area contributed by atoms with Crippen molar-refractivity contribution >= 4 is 15.8 Å². The minimum atomic E-state index is -3.02. The topological polar surface area (TPSA) is 72.5 Å². The number of hydrogen-bond donors (Lipinski definition) is 1. The summed E-state index contributed by atoms with van der Waals surface area (Å²) >= 11 is 0. The van der Waals surface area contributed by atoms with Gasteiger partial charge in [0.05, 0.1) is 12.9 Å². The molecule has 1 aliphatic heterocycles. The Bertz CT molecular complexity index is 422. The maximum Gasteiger partial charge on any atom is 0.333 e. The Morgan fingerprint density at radius 1 is 1.62 bits per heavy atom. The van der Waals surface area contributed by atoms with E-state index < -0.39 is 9.84 Å². The third-order valence-corrected chi connectivity index (χ3v) is 3.62. The minimum absolute atomic E-state index is 0.0815. The predicted molar refractivity (Wildman–Crippen MR) is 60.5 cm³/mol. The molecule has 6 heteroatoms. The van der Waals surface area contributed by atoms with Crippen molar-refractivity contribution in [2.45, 2.75) is 13.0 Å². The molecule has 1 atom stereocenters. The van der Waals surface area contributed by atoms with E-state index in [4.69, 9.17) is 0 Å². The van der Waals surface area contributed by atoms with E-state index in [-0.39, 0.29) is 17.8 Å². The molecule has 0 amide bonds. The summed E-state index contributed by atoms with van der Waals surface area (Å²) < 4.78 is 26.7. The van der Waals surface area contributed by atoms with Gasteiger partial charge in [-0.2, -0.15) is 0 Å². The molecule has 0 fully saturated rings. The van der Waals surface area contributed by atoms with Gasteiger partial charge in [-0.15, -0.1) is 0 Å². The zero-order chi connectivity index (χ0) is 12.2. The van der Waals surface area contributed by atoms with E-state index in [1.54, 1.807) is 19.1 Å². The lowest BCUT2D eigenvalue weighted by Crippen LogP contribution is -2.30. The van der Waals surface area contributed by atoms with Crippen molar-refractivity contribution in [2.75, 3.05) is 19.4 Å². The molecule has 1 unspecified atom stereocenters. The number of carbonyl (C=O) groups excluding carboxylic acids is 1. The van der Waals surface area contributed by atoms with E-state index in [2.05, 4.69) is 10.1 Å². The monoisotopic (exact) mass is 245 g/mol. The molecular weight excluding hydrogens is 230 g/mol. The standard InChI is InChI=1S/C10H15NO4S/c1-8(10(12)15-2)3-5-11-9-4-6-16(13,14)7-9/h3-4,6,9,11H,5,7H2,1-2H3/b8-3+. The lowest BCUT2D eigenvalue weighted by Gasteiger charge is -2.07. The average Bonchev–Trinajstić information content (AvgIpc) is 2.57. The average molecular weight is 245 g/mol. The molecule has 0 aliphatic carbocycles. The van der Waals surface area contributed by atoms with Crippen molar-refractivity contribution in [1.82, 2.24) is 5.32 Å². The Morgan fingerprint density at radius 2 is 2.31 bits per heavy atom. The molecule has 5 nitrogen and oxygen atoms in total. The highest BCUT2D eigenvalue weighted by Gasteiger charge is 2.20. The second-order valence-corrected chi connectivity index (χ2v) is 5.48. The highest BCUT2D eigenvalue weighted by molar-refractivity contribution is 7.94. The molecule has 0 aromatic heterocycles. The first-order valence-electron chi connectivity index (χ1n) is 4.84. The summed E-state index contributed by atoms with van der Waals surface area (Å²) in [5, 5.41) is 4.21. The lowest BCUT2D eigenvalue weighted by atomic mass is 10.2. The number of nitrogens with one attached hydrogen (secondary N) is 1. The van der Waals surface area contributed by atoms with Crippen molar-refractivity contribution in [3.8, 4) is 0 Å². The Morgan fingerprint density at radius 3 is 2.81 bits per heavy atom. The van der Waals surface area contributed by atoms with Gasteiger partial charge < -0.3 is 10.1 Å². The summed E-state index contributed by atoms with van der Waals surface area (Å²) in [5.74, 6) is -0.297. The van der Waals surface area contributed by atoms with Gasteiger partial charge in [-0.25, -0.2) is 13.2 Å². The van der Waals surface area contributed by atoms with Crippen LogP contribution < -0.4 is 5.32 Å². The van der Waals surface area contributed by atoms with E-state index in [1.165, 1.54) is 12.5 Å². The molecule has 0 radical (unpaired) electrons. The summed E-state index contributed by atoms with van der Waals surface area (Å²) in [7, 11) is -1.70. The van der Waals surface area contributed by atoms with E-state index >= 15 is 0 Å². The maximum absolute atomic E-state index is 11.1. The van der Waals surface area contributed by atoms with Crippen molar-refractivity contribution < 1.29 is 17.9 Å². The van der Waals surface area contributed by atoms with Gasteiger partial charge in [-0.1, -0.05) is 12.2 Å². The van der Waals surface area contributed by atoms with Crippen LogP contribution in [0.2, 0.25) is 0 Å². The third kappa shape index (κ3) is 3.79. The number of sulfone groups is 1. The number of ether oxygens (including phenoxy) is 1. The highest BCUT2D eigenvalue weighted by Crippen LogP contribution is 2.07. The number of hydrogen-bond acceptors (Lipinski definition) is 5. The molecule has 0 saturated heterocycles. The van der Waals surface area contributed by atoms with Crippen LogP contribution in [0.15, 0.2) is 23.1 Å². The van der Waals surface area contributed by atoms with E-state index in [0.717, 1.165) is 0 Å². The van der Waals surface area contributed by atoms with Crippen molar-refractivity contribution in [1.29, 1.82) is 0 Å². The molecule has 0 bridgehead atoms. The van der Waals surface area contributed by atoms with Crippen LogP contribution in [0.1, 0.15) is 6.92 Å². The second-order valence-electron chi connectivity index (χ2n) is 3.55. The van der Waals surface area contributed by atoms with Crippen molar-refractivity contribution in [3.63, 3.8) is 0 Å². The Hall–Kier alpha value is -1.14. The Balaban J connectivity index is 2.38. The number of carbonyl (C=O) groups is 1. The molecule has 1 aliphatic rings. The SMILES string of the molecule is COC(=O)/C(C)=C/CNC1C=CS(=O)(=O)C1. The minimum Gasteiger partial charge on any atom is -0.466 e. The Kier molecular flexibility index (Phi) is 4.26. The molecule has 1 N–H and O–H groups in total. The molecular formula is C10H15NO4S. The fourth-order valence-electron chi connectivity index (χ4n) is 1.31. The first-order valence-corrected chi connectivity index (χ1v) is 6.55. The summed E-state index contributed by atoms with van der Waals surface area (Å²) in [6.07, 6.45) is 3.28. The quantitative estimate of drug-likeness (QED) is 0.558. The molecule has 0 saturated carbocycles. The zero-order valence-corrected chi connectivity index (χ0v) is 10.1. The third-order valence-electron chi connectivity index (χ3n) is 2.23. The van der Waals surface area contributed by atoms with Gasteiger partial charge in [0, 0.05) is 23.6 Å². The van der Waals surface area contributed by atoms with E-state index in [1.807, 2.05) is 0 Å². The largest absolute Gasteiger partial charge is 0.466 e. The first kappa shape index (κ1) is 12.9. The van der Waals surface area contributed by atoms with Crippen molar-refractivity contribution in [2.24, 2.45) is 0 Å². The molecule has 16 heavy (non-hydrogen) atoms. The van der Waals surface area contributed by atoms with Gasteiger partial charge in [0.15, 0.2) is 9.84 Å². The summed E-state index contributed by atoms with van der Waals surface area (Å²) in [6.45, 7) is 2.08. The van der Waals surface area contributed by atoms with E-state index in [0.29, 0.717) is 12.1 Å². The summed E-state index contributed by atoms with van der Waals surface area (Å²) in [5.41, 5.74) is 0.500. The van der Waals surface area contributed by atoms with Crippen molar-refractivity contribution in [3.05, 3.63) is 23.1 Å². The Labute approximate surface area is 95.1 Å². The fraction of sp³-hybridized carbons (Fsp3) is 0.500. The van der Waals surface area contributed by atoms with Gasteiger partial charge in [0.25, 0.3) is 0 Å². The fourth-order valence-corrected chi connectivity index (χ4v) is 2.58.